The third-order valence-electron chi connectivity index (χ3n) is 4.23. The highest BCUT2D eigenvalue weighted by Gasteiger charge is 2.31. The second kappa shape index (κ2) is 9.73. The van der Waals surface area contributed by atoms with Gasteiger partial charge in [-0.1, -0.05) is 60.1 Å². The van der Waals surface area contributed by atoms with Crippen molar-refractivity contribution in [2.24, 2.45) is 0 Å². The summed E-state index contributed by atoms with van der Waals surface area (Å²) in [6.07, 6.45) is 4.24. The van der Waals surface area contributed by atoms with Crippen LogP contribution in [0.1, 0.15) is 49.9 Å². The maximum Gasteiger partial charge on any atom is 0.281 e. The van der Waals surface area contributed by atoms with Crippen molar-refractivity contribution >= 4 is 45.5 Å². The molecule has 0 radical (unpaired) electrons. The van der Waals surface area contributed by atoms with Crippen LogP contribution in [0.15, 0.2) is 24.3 Å². The summed E-state index contributed by atoms with van der Waals surface area (Å²) in [5.41, 5.74) is 0.636. The molecule has 1 aromatic rings. The SMILES string of the molecule is CCN(CC)C(=O)SC1CCCCC1SC(=O)c1cccc(Cl)c1. The summed E-state index contributed by atoms with van der Waals surface area (Å²) in [5, 5.41) is 1.15. The quantitative estimate of drug-likeness (QED) is 0.649. The number of hydrogen-bond donors (Lipinski definition) is 0. The summed E-state index contributed by atoms with van der Waals surface area (Å²) in [7, 11) is 0. The van der Waals surface area contributed by atoms with E-state index in [1.165, 1.54) is 23.5 Å². The average molecular weight is 386 g/mol. The van der Waals surface area contributed by atoms with Gasteiger partial charge < -0.3 is 4.90 Å². The third kappa shape index (κ3) is 5.43. The molecule has 0 bridgehead atoms. The van der Waals surface area contributed by atoms with Crippen LogP contribution in [-0.2, 0) is 0 Å². The van der Waals surface area contributed by atoms with Crippen molar-refractivity contribution in [1.29, 1.82) is 0 Å². The fourth-order valence-corrected chi connectivity index (χ4v) is 5.71. The predicted molar refractivity (Wildman–Crippen MR) is 105 cm³/mol. The van der Waals surface area contributed by atoms with Gasteiger partial charge in [-0.25, -0.2) is 0 Å². The zero-order valence-electron chi connectivity index (χ0n) is 14.2. The van der Waals surface area contributed by atoms with Gasteiger partial charge in [-0.05, 0) is 38.8 Å². The molecule has 0 N–H and O–H groups in total. The topological polar surface area (TPSA) is 37.4 Å². The summed E-state index contributed by atoms with van der Waals surface area (Å²) >= 11 is 8.76. The van der Waals surface area contributed by atoms with Gasteiger partial charge in [0.1, 0.15) is 0 Å². The molecule has 2 unspecified atom stereocenters. The van der Waals surface area contributed by atoms with E-state index in [9.17, 15) is 9.59 Å². The Balaban J connectivity index is 2.01. The third-order valence-corrected chi connectivity index (χ3v) is 7.29. The molecule has 0 spiro atoms. The van der Waals surface area contributed by atoms with Crippen molar-refractivity contribution in [3.8, 4) is 0 Å². The minimum absolute atomic E-state index is 0.0466. The van der Waals surface area contributed by atoms with E-state index in [0.717, 1.165) is 38.8 Å². The average Bonchev–Trinajstić information content (AvgIpc) is 2.57. The molecule has 24 heavy (non-hydrogen) atoms. The van der Waals surface area contributed by atoms with Crippen molar-refractivity contribution in [2.75, 3.05) is 13.1 Å². The molecule has 1 aliphatic rings. The van der Waals surface area contributed by atoms with Gasteiger partial charge >= 0.3 is 0 Å². The van der Waals surface area contributed by atoms with Gasteiger partial charge in [-0.15, -0.1) is 0 Å². The molecule has 1 saturated carbocycles. The highest BCUT2D eigenvalue weighted by Crippen LogP contribution is 2.38. The van der Waals surface area contributed by atoms with Crippen LogP contribution < -0.4 is 0 Å². The number of benzene rings is 1. The lowest BCUT2D eigenvalue weighted by Gasteiger charge is -2.31. The Morgan fingerprint density at radius 2 is 1.75 bits per heavy atom. The molecule has 1 aromatic carbocycles. The second-order valence-electron chi connectivity index (χ2n) is 5.83. The molecule has 0 aliphatic heterocycles. The van der Waals surface area contributed by atoms with Crippen LogP contribution in [0.25, 0.3) is 0 Å². The molecule has 3 nitrogen and oxygen atoms in total. The van der Waals surface area contributed by atoms with E-state index in [2.05, 4.69) is 0 Å². The van der Waals surface area contributed by atoms with Gasteiger partial charge in [0, 0.05) is 34.2 Å². The Morgan fingerprint density at radius 3 is 2.33 bits per heavy atom. The summed E-state index contributed by atoms with van der Waals surface area (Å²) in [6.45, 7) is 5.46. The van der Waals surface area contributed by atoms with Crippen molar-refractivity contribution in [1.82, 2.24) is 4.90 Å². The highest BCUT2D eigenvalue weighted by atomic mass is 35.5. The largest absolute Gasteiger partial charge is 0.334 e. The number of carbonyl (C=O) groups excluding carboxylic acids is 2. The van der Waals surface area contributed by atoms with Crippen LogP contribution in [0.5, 0.6) is 0 Å². The van der Waals surface area contributed by atoms with E-state index in [1.54, 1.807) is 24.3 Å². The summed E-state index contributed by atoms with van der Waals surface area (Å²) < 4.78 is 0. The predicted octanol–water partition coefficient (Wildman–Crippen LogP) is 5.72. The fraction of sp³-hybridized carbons (Fsp3) is 0.556. The first kappa shape index (κ1) is 19.7. The number of thioether (sulfide) groups is 2. The summed E-state index contributed by atoms with van der Waals surface area (Å²) in [6, 6.07) is 7.08. The maximum absolute atomic E-state index is 12.5. The van der Waals surface area contributed by atoms with Crippen LogP contribution in [0.3, 0.4) is 0 Å². The zero-order valence-corrected chi connectivity index (χ0v) is 16.6. The molecular weight excluding hydrogens is 362 g/mol. The lowest BCUT2D eigenvalue weighted by atomic mass is 10.00. The van der Waals surface area contributed by atoms with Crippen LogP contribution in [0.4, 0.5) is 4.79 Å². The lowest BCUT2D eigenvalue weighted by molar-refractivity contribution is 0.108. The van der Waals surface area contributed by atoms with Gasteiger partial charge in [0.05, 0.1) is 0 Å². The first-order chi connectivity index (χ1) is 11.5. The van der Waals surface area contributed by atoms with E-state index in [1.807, 2.05) is 18.7 Å². The maximum atomic E-state index is 12.5. The molecule has 2 atom stereocenters. The first-order valence-electron chi connectivity index (χ1n) is 8.47. The number of carbonyl (C=O) groups is 2. The lowest BCUT2D eigenvalue weighted by Crippen LogP contribution is -2.32. The second-order valence-corrected chi connectivity index (χ2v) is 8.67. The Morgan fingerprint density at radius 1 is 1.12 bits per heavy atom. The van der Waals surface area contributed by atoms with Crippen LogP contribution >= 0.6 is 35.1 Å². The Kier molecular flexibility index (Phi) is 7.98. The van der Waals surface area contributed by atoms with Gasteiger partial charge in [0.2, 0.25) is 5.12 Å². The molecule has 1 aliphatic carbocycles. The van der Waals surface area contributed by atoms with E-state index in [-0.39, 0.29) is 20.9 Å². The van der Waals surface area contributed by atoms with Crippen molar-refractivity contribution in [3.63, 3.8) is 0 Å². The van der Waals surface area contributed by atoms with Crippen LogP contribution in [-0.4, -0.2) is 38.8 Å². The van der Waals surface area contributed by atoms with Gasteiger partial charge in [-0.2, -0.15) is 0 Å². The summed E-state index contributed by atoms with van der Waals surface area (Å²) in [4.78, 5) is 26.8. The van der Waals surface area contributed by atoms with E-state index >= 15 is 0 Å². The minimum atomic E-state index is 0.0466. The molecule has 0 aromatic heterocycles. The smallest absolute Gasteiger partial charge is 0.281 e. The number of amides is 1. The van der Waals surface area contributed by atoms with Crippen molar-refractivity contribution in [2.45, 2.75) is 50.0 Å². The van der Waals surface area contributed by atoms with Gasteiger partial charge in [-0.3, -0.25) is 9.59 Å². The van der Waals surface area contributed by atoms with Crippen LogP contribution in [0, 0.1) is 0 Å². The molecular formula is C18H24ClNO2S2. The number of halogens is 1. The van der Waals surface area contributed by atoms with Crippen molar-refractivity contribution < 1.29 is 9.59 Å². The molecule has 6 heteroatoms. The van der Waals surface area contributed by atoms with Crippen molar-refractivity contribution in [3.05, 3.63) is 34.9 Å². The Bertz CT molecular complexity index is 578. The molecule has 0 heterocycles. The van der Waals surface area contributed by atoms with E-state index in [0.29, 0.717) is 10.6 Å². The number of nitrogens with zero attached hydrogens (tertiary/aromatic N) is 1. The van der Waals surface area contributed by atoms with Gasteiger partial charge in [0.15, 0.2) is 0 Å². The van der Waals surface area contributed by atoms with E-state index < -0.39 is 0 Å². The van der Waals surface area contributed by atoms with E-state index in [4.69, 9.17) is 11.6 Å². The minimum Gasteiger partial charge on any atom is -0.334 e. The standard InChI is InChI=1S/C18H24ClNO2S2/c1-3-20(4-2)18(22)24-16-11-6-5-10-15(16)23-17(21)13-8-7-9-14(19)12-13/h7-9,12,15-16H,3-6,10-11H2,1-2H3. The summed E-state index contributed by atoms with van der Waals surface area (Å²) in [5.74, 6) is 0. The highest BCUT2D eigenvalue weighted by molar-refractivity contribution is 8.17. The molecule has 1 amide bonds. The van der Waals surface area contributed by atoms with Crippen LogP contribution in [0.2, 0.25) is 5.02 Å². The number of rotatable bonds is 5. The molecule has 0 saturated heterocycles. The fourth-order valence-electron chi connectivity index (χ4n) is 2.84. The monoisotopic (exact) mass is 385 g/mol. The first-order valence-corrected chi connectivity index (χ1v) is 10.6. The van der Waals surface area contributed by atoms with Gasteiger partial charge in [0.25, 0.3) is 5.24 Å². The Labute approximate surface area is 157 Å². The molecule has 2 rings (SSSR count). The zero-order chi connectivity index (χ0) is 17.5. The normalized spacial score (nSPS) is 20.6. The Hall–Kier alpha value is -0.650. The number of hydrogen-bond acceptors (Lipinski definition) is 4. The molecule has 1 fully saturated rings. The molecule has 132 valence electrons.